The topological polar surface area (TPSA) is 61.2 Å². The fourth-order valence-corrected chi connectivity index (χ4v) is 3.14. The van der Waals surface area contributed by atoms with Gasteiger partial charge in [-0.15, -0.1) is 0 Å². The predicted molar refractivity (Wildman–Crippen MR) is 74.8 cm³/mol. The molecule has 0 N–H and O–H groups in total. The standard InChI is InChI=1S/C16H18N2O2/c1-11(19)15-13(12-7-5-4-6-8-12)9-14(20)18(3)16(15,2)10-17/h4-8,13,15H,9H2,1-3H3/t13-,15-,16+/m1/s1. The molecule has 0 radical (unpaired) electrons. The third-order valence-electron chi connectivity index (χ3n) is 4.37. The van der Waals surface area contributed by atoms with Gasteiger partial charge in [0.25, 0.3) is 0 Å². The highest BCUT2D eigenvalue weighted by atomic mass is 16.2. The second-order valence-corrected chi connectivity index (χ2v) is 5.52. The van der Waals surface area contributed by atoms with Crippen LogP contribution in [0.5, 0.6) is 0 Å². The van der Waals surface area contributed by atoms with Crippen molar-refractivity contribution in [3.63, 3.8) is 0 Å². The third-order valence-corrected chi connectivity index (χ3v) is 4.37. The average Bonchev–Trinajstić information content (AvgIpc) is 2.44. The maximum atomic E-state index is 12.2. The number of hydrogen-bond donors (Lipinski definition) is 0. The molecule has 2 rings (SSSR count). The summed E-state index contributed by atoms with van der Waals surface area (Å²) in [5, 5.41) is 9.53. The lowest BCUT2D eigenvalue weighted by Gasteiger charge is -2.46. The quantitative estimate of drug-likeness (QED) is 0.827. The summed E-state index contributed by atoms with van der Waals surface area (Å²) >= 11 is 0. The molecule has 0 bridgehead atoms. The van der Waals surface area contributed by atoms with E-state index in [1.807, 2.05) is 30.3 Å². The van der Waals surface area contributed by atoms with Crippen LogP contribution in [-0.2, 0) is 9.59 Å². The van der Waals surface area contributed by atoms with Gasteiger partial charge in [0.1, 0.15) is 11.3 Å². The van der Waals surface area contributed by atoms with Crippen LogP contribution in [0.1, 0.15) is 31.7 Å². The molecule has 0 saturated carbocycles. The van der Waals surface area contributed by atoms with Crippen LogP contribution in [0.15, 0.2) is 30.3 Å². The van der Waals surface area contributed by atoms with Gasteiger partial charge < -0.3 is 4.90 Å². The molecule has 1 aromatic rings. The molecule has 4 nitrogen and oxygen atoms in total. The molecule has 4 heteroatoms. The number of benzene rings is 1. The maximum Gasteiger partial charge on any atom is 0.224 e. The van der Waals surface area contributed by atoms with Gasteiger partial charge >= 0.3 is 0 Å². The summed E-state index contributed by atoms with van der Waals surface area (Å²) in [5.41, 5.74) is -0.155. The number of piperidine rings is 1. The molecule has 1 aliphatic heterocycles. The zero-order valence-electron chi connectivity index (χ0n) is 12.0. The minimum absolute atomic E-state index is 0.0535. The zero-order valence-corrected chi connectivity index (χ0v) is 12.0. The molecule has 0 spiro atoms. The van der Waals surface area contributed by atoms with Gasteiger partial charge in [-0.25, -0.2) is 0 Å². The first-order valence-corrected chi connectivity index (χ1v) is 6.65. The van der Waals surface area contributed by atoms with Crippen LogP contribution in [0.3, 0.4) is 0 Å². The summed E-state index contributed by atoms with van der Waals surface area (Å²) in [6, 6.07) is 11.7. The van der Waals surface area contributed by atoms with Gasteiger partial charge in [0, 0.05) is 19.4 Å². The van der Waals surface area contributed by atoms with Crippen molar-refractivity contribution in [2.45, 2.75) is 31.7 Å². The van der Waals surface area contributed by atoms with E-state index in [1.54, 1.807) is 14.0 Å². The summed E-state index contributed by atoms with van der Waals surface area (Å²) in [6.45, 7) is 3.17. The molecule has 1 aromatic carbocycles. The highest BCUT2D eigenvalue weighted by Crippen LogP contribution is 2.43. The number of likely N-dealkylation sites (tertiary alicyclic amines) is 1. The van der Waals surface area contributed by atoms with E-state index in [-0.39, 0.29) is 24.0 Å². The minimum atomic E-state index is -1.10. The molecular weight excluding hydrogens is 252 g/mol. The summed E-state index contributed by atoms with van der Waals surface area (Å²) in [5.74, 6) is -0.887. The number of Topliss-reactive ketones (excluding diaryl/α,β-unsaturated/α-hetero) is 1. The second-order valence-electron chi connectivity index (χ2n) is 5.52. The van der Waals surface area contributed by atoms with E-state index in [4.69, 9.17) is 0 Å². The lowest BCUT2D eigenvalue weighted by Crippen LogP contribution is -2.59. The van der Waals surface area contributed by atoms with Gasteiger partial charge in [0.15, 0.2) is 0 Å². The number of rotatable bonds is 2. The Morgan fingerprint density at radius 2 is 2.00 bits per heavy atom. The molecule has 0 unspecified atom stereocenters. The summed E-state index contributed by atoms with van der Waals surface area (Å²) in [6.07, 6.45) is 0.266. The van der Waals surface area contributed by atoms with E-state index in [0.29, 0.717) is 0 Å². The van der Waals surface area contributed by atoms with E-state index < -0.39 is 11.5 Å². The van der Waals surface area contributed by atoms with Gasteiger partial charge in [-0.1, -0.05) is 30.3 Å². The number of amides is 1. The Labute approximate surface area is 119 Å². The number of nitrogens with zero attached hydrogens (tertiary/aromatic N) is 2. The molecule has 1 aliphatic rings. The normalized spacial score (nSPS) is 29.9. The van der Waals surface area contributed by atoms with Gasteiger partial charge in [0.05, 0.1) is 12.0 Å². The molecule has 0 aliphatic carbocycles. The highest BCUT2D eigenvalue weighted by molar-refractivity contribution is 5.88. The lowest BCUT2D eigenvalue weighted by molar-refractivity contribution is -0.144. The monoisotopic (exact) mass is 270 g/mol. The molecule has 3 atom stereocenters. The van der Waals surface area contributed by atoms with Crippen LogP contribution >= 0.6 is 0 Å². The van der Waals surface area contributed by atoms with Crippen LogP contribution in [0.4, 0.5) is 0 Å². The SMILES string of the molecule is CC(=O)[C@@H]1[C@@H](c2ccccc2)CC(=O)N(C)[C@@]1(C)C#N. The molecule has 1 saturated heterocycles. The number of carbonyl (C=O) groups excluding carboxylic acids is 2. The van der Waals surface area contributed by atoms with Gasteiger partial charge in [-0.05, 0) is 19.4 Å². The number of ketones is 1. The van der Waals surface area contributed by atoms with E-state index >= 15 is 0 Å². The molecule has 104 valence electrons. The third kappa shape index (κ3) is 2.09. The highest BCUT2D eigenvalue weighted by Gasteiger charge is 2.52. The van der Waals surface area contributed by atoms with Crippen LogP contribution in [0.25, 0.3) is 0 Å². The van der Waals surface area contributed by atoms with Crippen LogP contribution in [0.2, 0.25) is 0 Å². The summed E-state index contributed by atoms with van der Waals surface area (Å²) < 4.78 is 0. The number of nitriles is 1. The number of hydrogen-bond acceptors (Lipinski definition) is 3. The minimum Gasteiger partial charge on any atom is -0.327 e. The maximum absolute atomic E-state index is 12.2. The molecule has 1 heterocycles. The van der Waals surface area contributed by atoms with Crippen molar-refractivity contribution in [2.75, 3.05) is 7.05 Å². The van der Waals surface area contributed by atoms with Crippen LogP contribution in [0, 0.1) is 17.2 Å². The van der Waals surface area contributed by atoms with Crippen molar-refractivity contribution in [1.29, 1.82) is 5.26 Å². The second kappa shape index (κ2) is 5.09. The van der Waals surface area contributed by atoms with Gasteiger partial charge in [-0.2, -0.15) is 5.26 Å². The molecular formula is C16H18N2O2. The Hall–Kier alpha value is -2.15. The smallest absolute Gasteiger partial charge is 0.224 e. The summed E-state index contributed by atoms with van der Waals surface area (Å²) in [7, 11) is 1.60. The average molecular weight is 270 g/mol. The molecule has 1 fully saturated rings. The van der Waals surface area contributed by atoms with E-state index in [0.717, 1.165) is 5.56 Å². The Kier molecular flexibility index (Phi) is 3.63. The van der Waals surface area contributed by atoms with E-state index in [1.165, 1.54) is 11.8 Å². The van der Waals surface area contributed by atoms with Crippen molar-refractivity contribution in [3.8, 4) is 6.07 Å². The first kappa shape index (κ1) is 14.3. The van der Waals surface area contributed by atoms with Crippen molar-refractivity contribution in [1.82, 2.24) is 4.90 Å². The van der Waals surface area contributed by atoms with E-state index in [2.05, 4.69) is 6.07 Å². The predicted octanol–water partition coefficient (Wildman–Crippen LogP) is 2.12. The Bertz CT molecular complexity index is 576. The van der Waals surface area contributed by atoms with Crippen LogP contribution < -0.4 is 0 Å². The van der Waals surface area contributed by atoms with Crippen molar-refractivity contribution in [2.24, 2.45) is 5.92 Å². The van der Waals surface area contributed by atoms with Crippen LogP contribution in [-0.4, -0.2) is 29.2 Å². The van der Waals surface area contributed by atoms with Crippen molar-refractivity contribution >= 4 is 11.7 Å². The van der Waals surface area contributed by atoms with Crippen molar-refractivity contribution in [3.05, 3.63) is 35.9 Å². The molecule has 0 aromatic heterocycles. The lowest BCUT2D eigenvalue weighted by atomic mass is 9.67. The Balaban J connectivity index is 2.54. The Morgan fingerprint density at radius 1 is 1.40 bits per heavy atom. The van der Waals surface area contributed by atoms with Gasteiger partial charge in [0.2, 0.25) is 5.91 Å². The molecule has 20 heavy (non-hydrogen) atoms. The largest absolute Gasteiger partial charge is 0.327 e. The fraction of sp³-hybridized carbons (Fsp3) is 0.438. The first-order chi connectivity index (χ1) is 9.41. The first-order valence-electron chi connectivity index (χ1n) is 6.65. The fourth-order valence-electron chi connectivity index (χ4n) is 3.14. The molecule has 1 amide bonds. The number of carbonyl (C=O) groups is 2. The van der Waals surface area contributed by atoms with Crippen molar-refractivity contribution < 1.29 is 9.59 Å². The zero-order chi connectivity index (χ0) is 14.9. The van der Waals surface area contributed by atoms with Gasteiger partial charge in [-0.3, -0.25) is 9.59 Å². The Morgan fingerprint density at radius 3 is 2.50 bits per heavy atom. The van der Waals surface area contributed by atoms with E-state index in [9.17, 15) is 14.9 Å². The summed E-state index contributed by atoms with van der Waals surface area (Å²) in [4.78, 5) is 25.7.